The van der Waals surface area contributed by atoms with Crippen LogP contribution in [0.4, 0.5) is 0 Å². The summed E-state index contributed by atoms with van der Waals surface area (Å²) in [5.74, 6) is 3.34. The van der Waals surface area contributed by atoms with Crippen LogP contribution in [0.3, 0.4) is 0 Å². The molecule has 0 amide bonds. The first-order chi connectivity index (χ1) is 14.5. The first kappa shape index (κ1) is 20.3. The third-order valence-electron chi connectivity index (χ3n) is 5.31. The van der Waals surface area contributed by atoms with Crippen molar-refractivity contribution in [1.82, 2.24) is 30.4 Å². The zero-order chi connectivity index (χ0) is 21.1. The molecule has 2 aromatic heterocycles. The van der Waals surface area contributed by atoms with Crippen LogP contribution >= 0.6 is 11.3 Å². The summed E-state index contributed by atoms with van der Waals surface area (Å²) in [5.41, 5.74) is 2.23. The molecule has 8 nitrogen and oxygen atoms in total. The molecule has 1 aromatic carbocycles. The average molecular weight is 426 g/mol. The van der Waals surface area contributed by atoms with E-state index in [0.717, 1.165) is 46.0 Å². The van der Waals surface area contributed by atoms with E-state index in [1.807, 2.05) is 43.7 Å². The van der Waals surface area contributed by atoms with Gasteiger partial charge < -0.3 is 19.9 Å². The molecule has 0 saturated carbocycles. The number of ether oxygens (including phenoxy) is 1. The lowest BCUT2D eigenvalue weighted by atomic mass is 10.0. The number of nitrogens with zero attached hydrogens (tertiary/aromatic N) is 5. The van der Waals surface area contributed by atoms with E-state index < -0.39 is 0 Å². The van der Waals surface area contributed by atoms with Gasteiger partial charge in [0.05, 0.1) is 24.9 Å². The number of aromatic nitrogens is 4. The molecule has 9 heteroatoms. The summed E-state index contributed by atoms with van der Waals surface area (Å²) in [6, 6.07) is 8.27. The number of fused-ring (bicyclic) bond motifs is 1. The van der Waals surface area contributed by atoms with Gasteiger partial charge in [0.15, 0.2) is 11.8 Å². The summed E-state index contributed by atoms with van der Waals surface area (Å²) in [5, 5.41) is 16.4. The van der Waals surface area contributed by atoms with Crippen molar-refractivity contribution in [2.45, 2.75) is 46.3 Å². The Labute approximate surface area is 180 Å². The Hall–Kier alpha value is -2.94. The number of rotatable bonds is 5. The fraction of sp³-hybridized carbons (Fsp3) is 0.429. The maximum absolute atomic E-state index is 5.80. The lowest BCUT2D eigenvalue weighted by Crippen LogP contribution is -2.41. The maximum Gasteiger partial charge on any atom is 0.192 e. The standard InChI is InChI=1S/C21H27N7OS/c1-13-14(2)30-20(24-13)12-23-21(22-11-19-27-26-15(3)28(19)4)25-17-9-10-29-18-8-6-5-7-16(17)18/h5-8,17H,9-12H2,1-4H3,(H2,22,23,25). The molecule has 0 bridgehead atoms. The van der Waals surface area contributed by atoms with Gasteiger partial charge in [-0.1, -0.05) is 18.2 Å². The van der Waals surface area contributed by atoms with Crippen LogP contribution in [0.25, 0.3) is 0 Å². The fourth-order valence-electron chi connectivity index (χ4n) is 3.32. The van der Waals surface area contributed by atoms with E-state index >= 15 is 0 Å². The van der Waals surface area contributed by atoms with Crippen LogP contribution in [0.2, 0.25) is 0 Å². The van der Waals surface area contributed by atoms with Crippen molar-refractivity contribution < 1.29 is 4.74 Å². The van der Waals surface area contributed by atoms with E-state index in [-0.39, 0.29) is 6.04 Å². The molecule has 0 radical (unpaired) electrons. The minimum Gasteiger partial charge on any atom is -0.493 e. The smallest absolute Gasteiger partial charge is 0.192 e. The van der Waals surface area contributed by atoms with Crippen LogP contribution in [0.1, 0.15) is 45.3 Å². The second-order valence-corrected chi connectivity index (χ2v) is 8.65. The van der Waals surface area contributed by atoms with Gasteiger partial charge >= 0.3 is 0 Å². The number of hydrogen-bond donors (Lipinski definition) is 2. The molecule has 1 aliphatic heterocycles. The van der Waals surface area contributed by atoms with Crippen molar-refractivity contribution in [2.75, 3.05) is 6.61 Å². The maximum atomic E-state index is 5.80. The number of benzene rings is 1. The molecule has 158 valence electrons. The minimum atomic E-state index is 0.127. The van der Waals surface area contributed by atoms with Gasteiger partial charge in [0.1, 0.15) is 23.1 Å². The fourth-order valence-corrected chi connectivity index (χ4v) is 4.20. The van der Waals surface area contributed by atoms with Crippen molar-refractivity contribution in [2.24, 2.45) is 12.0 Å². The number of aryl methyl sites for hydroxylation is 3. The second-order valence-electron chi connectivity index (χ2n) is 7.36. The first-order valence-corrected chi connectivity index (χ1v) is 10.9. The molecule has 0 saturated heterocycles. The van der Waals surface area contributed by atoms with Gasteiger partial charge in [0.2, 0.25) is 0 Å². The van der Waals surface area contributed by atoms with Crippen molar-refractivity contribution >= 4 is 17.3 Å². The predicted molar refractivity (Wildman–Crippen MR) is 118 cm³/mol. The number of nitrogens with one attached hydrogen (secondary N) is 2. The molecule has 0 aliphatic carbocycles. The van der Waals surface area contributed by atoms with Gasteiger partial charge in [-0.05, 0) is 26.8 Å². The van der Waals surface area contributed by atoms with Crippen molar-refractivity contribution in [1.29, 1.82) is 0 Å². The molecular formula is C21H27N7OS. The second kappa shape index (κ2) is 8.83. The molecule has 4 rings (SSSR count). The molecule has 0 spiro atoms. The van der Waals surface area contributed by atoms with Crippen LogP contribution in [0, 0.1) is 20.8 Å². The highest BCUT2D eigenvalue weighted by molar-refractivity contribution is 7.11. The van der Waals surface area contributed by atoms with E-state index in [2.05, 4.69) is 38.8 Å². The van der Waals surface area contributed by atoms with Crippen LogP contribution in [-0.2, 0) is 20.1 Å². The van der Waals surface area contributed by atoms with Crippen LogP contribution in [0.15, 0.2) is 29.3 Å². The van der Waals surface area contributed by atoms with E-state index in [9.17, 15) is 0 Å². The molecule has 1 aliphatic rings. The number of aliphatic imine (C=N–C) groups is 1. The summed E-state index contributed by atoms with van der Waals surface area (Å²) >= 11 is 1.71. The summed E-state index contributed by atoms with van der Waals surface area (Å²) in [6.07, 6.45) is 0.871. The molecule has 0 fully saturated rings. The number of para-hydroxylation sites is 1. The summed E-state index contributed by atoms with van der Waals surface area (Å²) in [4.78, 5) is 10.7. The summed E-state index contributed by atoms with van der Waals surface area (Å²) < 4.78 is 7.75. The van der Waals surface area contributed by atoms with Gasteiger partial charge in [-0.3, -0.25) is 0 Å². The molecule has 2 N–H and O–H groups in total. The Morgan fingerprint density at radius 3 is 2.83 bits per heavy atom. The molecule has 1 unspecified atom stereocenters. The topological polar surface area (TPSA) is 89.3 Å². The number of thiazole rings is 1. The van der Waals surface area contributed by atoms with Gasteiger partial charge in [0, 0.05) is 23.9 Å². The Bertz CT molecular complexity index is 1040. The monoisotopic (exact) mass is 425 g/mol. The van der Waals surface area contributed by atoms with Gasteiger partial charge in [-0.2, -0.15) is 0 Å². The lowest BCUT2D eigenvalue weighted by Gasteiger charge is -2.28. The Kier molecular flexibility index (Phi) is 5.98. The van der Waals surface area contributed by atoms with E-state index in [1.165, 1.54) is 4.88 Å². The van der Waals surface area contributed by atoms with Crippen LogP contribution < -0.4 is 15.4 Å². The molecule has 1 atom stereocenters. The third-order valence-corrected chi connectivity index (χ3v) is 6.38. The number of guanidine groups is 1. The normalized spacial score (nSPS) is 16.1. The highest BCUT2D eigenvalue weighted by atomic mass is 32.1. The summed E-state index contributed by atoms with van der Waals surface area (Å²) in [6.45, 7) is 7.80. The van der Waals surface area contributed by atoms with Gasteiger partial charge in [-0.15, -0.1) is 21.5 Å². The summed E-state index contributed by atoms with van der Waals surface area (Å²) in [7, 11) is 1.95. The largest absolute Gasteiger partial charge is 0.493 e. The van der Waals surface area contributed by atoms with Crippen LogP contribution in [-0.4, -0.2) is 32.3 Å². The van der Waals surface area contributed by atoms with Crippen molar-refractivity contribution in [3.05, 3.63) is 57.1 Å². The Balaban J connectivity index is 1.53. The predicted octanol–water partition coefficient (Wildman–Crippen LogP) is 2.96. The lowest BCUT2D eigenvalue weighted by molar-refractivity contribution is 0.261. The van der Waals surface area contributed by atoms with Crippen molar-refractivity contribution in [3.8, 4) is 5.75 Å². The van der Waals surface area contributed by atoms with E-state index in [0.29, 0.717) is 19.7 Å². The average Bonchev–Trinajstić information content (AvgIpc) is 3.25. The van der Waals surface area contributed by atoms with Gasteiger partial charge in [0.25, 0.3) is 0 Å². The first-order valence-electron chi connectivity index (χ1n) is 10.1. The van der Waals surface area contributed by atoms with Crippen molar-refractivity contribution in [3.63, 3.8) is 0 Å². The van der Waals surface area contributed by atoms with Crippen LogP contribution in [0.5, 0.6) is 5.75 Å². The highest BCUT2D eigenvalue weighted by Crippen LogP contribution is 2.31. The number of hydrogen-bond acceptors (Lipinski definition) is 6. The van der Waals surface area contributed by atoms with Gasteiger partial charge in [-0.25, -0.2) is 9.98 Å². The zero-order valence-corrected chi connectivity index (χ0v) is 18.6. The molecular weight excluding hydrogens is 398 g/mol. The molecule has 3 heterocycles. The Morgan fingerprint density at radius 1 is 1.27 bits per heavy atom. The minimum absolute atomic E-state index is 0.127. The molecule has 30 heavy (non-hydrogen) atoms. The van der Waals surface area contributed by atoms with E-state index in [4.69, 9.17) is 9.73 Å². The highest BCUT2D eigenvalue weighted by Gasteiger charge is 2.22. The quantitative estimate of drug-likeness (QED) is 0.483. The zero-order valence-electron chi connectivity index (χ0n) is 17.8. The SMILES string of the molecule is Cc1nc(CNC(=NCc2nnc(C)n2C)NC2CCOc3ccccc32)sc1C. The molecule has 3 aromatic rings. The Morgan fingerprint density at radius 2 is 2.10 bits per heavy atom. The third kappa shape index (κ3) is 4.46. The van der Waals surface area contributed by atoms with E-state index in [1.54, 1.807) is 11.3 Å².